The summed E-state index contributed by atoms with van der Waals surface area (Å²) in [5, 5.41) is 0. The van der Waals surface area contributed by atoms with Crippen LogP contribution in [-0.2, 0) is 0 Å². The third kappa shape index (κ3) is 2.50. The highest BCUT2D eigenvalue weighted by molar-refractivity contribution is 5.99. The van der Waals surface area contributed by atoms with E-state index in [1.54, 1.807) is 0 Å². The average molecular weight is 217 g/mol. The summed E-state index contributed by atoms with van der Waals surface area (Å²) in [6.45, 7) is 4.17. The van der Waals surface area contributed by atoms with Crippen LogP contribution in [0.5, 0.6) is 0 Å². The fraction of sp³-hybridized carbons (Fsp3) is 0.500. The number of hydrogen-bond acceptors (Lipinski definition) is 2. The van der Waals surface area contributed by atoms with E-state index in [0.29, 0.717) is 0 Å². The van der Waals surface area contributed by atoms with Gasteiger partial charge < -0.3 is 0 Å². The van der Waals surface area contributed by atoms with Gasteiger partial charge in [-0.25, -0.2) is 0 Å². The number of rotatable bonds is 3. The molecule has 1 heterocycles. The maximum absolute atomic E-state index is 12.2. The number of likely N-dealkylation sites (tertiary alicyclic amines) is 1. The molecule has 1 aliphatic rings. The van der Waals surface area contributed by atoms with Gasteiger partial charge in [-0.1, -0.05) is 36.8 Å². The maximum Gasteiger partial charge on any atom is 0.179 e. The van der Waals surface area contributed by atoms with E-state index >= 15 is 0 Å². The first-order valence-corrected chi connectivity index (χ1v) is 6.12. The Morgan fingerprint density at radius 1 is 1.12 bits per heavy atom. The summed E-state index contributed by atoms with van der Waals surface area (Å²) in [5.41, 5.74) is 0.834. The first-order valence-electron chi connectivity index (χ1n) is 6.12. The fourth-order valence-corrected chi connectivity index (χ4v) is 2.32. The number of carbonyl (C=O) groups excluding carboxylic acids is 1. The first-order chi connectivity index (χ1) is 7.79. The molecule has 0 bridgehead atoms. The predicted molar refractivity (Wildman–Crippen MR) is 65.7 cm³/mol. The Kier molecular flexibility index (Phi) is 3.73. The zero-order chi connectivity index (χ0) is 11.4. The van der Waals surface area contributed by atoms with Crippen molar-refractivity contribution in [3.8, 4) is 0 Å². The third-order valence-corrected chi connectivity index (χ3v) is 3.38. The molecule has 2 nitrogen and oxygen atoms in total. The van der Waals surface area contributed by atoms with Crippen molar-refractivity contribution in [2.75, 3.05) is 13.1 Å². The van der Waals surface area contributed by atoms with E-state index in [9.17, 15) is 4.79 Å². The summed E-state index contributed by atoms with van der Waals surface area (Å²) in [4.78, 5) is 14.5. The molecule has 0 radical (unpaired) electrons. The summed E-state index contributed by atoms with van der Waals surface area (Å²) in [5.74, 6) is 0.252. The van der Waals surface area contributed by atoms with Crippen LogP contribution in [0.4, 0.5) is 0 Å². The van der Waals surface area contributed by atoms with Crippen molar-refractivity contribution in [1.82, 2.24) is 4.90 Å². The Hall–Kier alpha value is -1.15. The molecule has 1 aromatic rings. The number of carbonyl (C=O) groups is 1. The standard InChI is InChI=1S/C14H19NO/c1-12(15-10-6-3-7-11-15)14(16)13-8-4-2-5-9-13/h2,4-5,8-9,12H,3,6-7,10-11H2,1H3/t12-/m1/s1. The summed E-state index contributed by atoms with van der Waals surface area (Å²) in [6, 6.07) is 9.64. The lowest BCUT2D eigenvalue weighted by Gasteiger charge is -2.31. The van der Waals surface area contributed by atoms with Crippen LogP contribution in [-0.4, -0.2) is 29.8 Å². The van der Waals surface area contributed by atoms with Gasteiger partial charge in [-0.05, 0) is 32.9 Å². The predicted octanol–water partition coefficient (Wildman–Crippen LogP) is 2.74. The highest BCUT2D eigenvalue weighted by Gasteiger charge is 2.23. The van der Waals surface area contributed by atoms with Gasteiger partial charge in [-0.15, -0.1) is 0 Å². The fourth-order valence-electron chi connectivity index (χ4n) is 2.32. The Balaban J connectivity index is 2.04. The van der Waals surface area contributed by atoms with Crippen LogP contribution in [0.15, 0.2) is 30.3 Å². The number of hydrogen-bond donors (Lipinski definition) is 0. The van der Waals surface area contributed by atoms with E-state index in [0.717, 1.165) is 18.7 Å². The molecule has 0 unspecified atom stereocenters. The topological polar surface area (TPSA) is 20.3 Å². The van der Waals surface area contributed by atoms with E-state index in [4.69, 9.17) is 0 Å². The van der Waals surface area contributed by atoms with Crippen molar-refractivity contribution >= 4 is 5.78 Å². The van der Waals surface area contributed by atoms with Crippen LogP contribution in [0.25, 0.3) is 0 Å². The Bertz CT molecular complexity index is 341. The molecule has 86 valence electrons. The highest BCUT2D eigenvalue weighted by Crippen LogP contribution is 2.15. The average Bonchev–Trinajstić information content (AvgIpc) is 2.39. The van der Waals surface area contributed by atoms with Crippen LogP contribution in [0.3, 0.4) is 0 Å². The quantitative estimate of drug-likeness (QED) is 0.726. The molecule has 1 fully saturated rings. The summed E-state index contributed by atoms with van der Waals surface area (Å²) < 4.78 is 0. The van der Waals surface area contributed by atoms with Gasteiger partial charge in [-0.3, -0.25) is 9.69 Å². The maximum atomic E-state index is 12.2. The van der Waals surface area contributed by atoms with Crippen LogP contribution < -0.4 is 0 Å². The lowest BCUT2D eigenvalue weighted by molar-refractivity contribution is 0.0809. The highest BCUT2D eigenvalue weighted by atomic mass is 16.1. The second kappa shape index (κ2) is 5.26. The van der Waals surface area contributed by atoms with E-state index < -0.39 is 0 Å². The Morgan fingerprint density at radius 2 is 1.75 bits per heavy atom. The number of ketones is 1. The monoisotopic (exact) mass is 217 g/mol. The molecule has 0 amide bonds. The van der Waals surface area contributed by atoms with E-state index in [2.05, 4.69) is 4.90 Å². The van der Waals surface area contributed by atoms with Gasteiger partial charge in [0.1, 0.15) is 0 Å². The van der Waals surface area contributed by atoms with Crippen LogP contribution in [0, 0.1) is 0 Å². The third-order valence-electron chi connectivity index (χ3n) is 3.38. The van der Waals surface area contributed by atoms with Gasteiger partial charge in [0.15, 0.2) is 5.78 Å². The molecule has 2 heteroatoms. The van der Waals surface area contributed by atoms with Crippen molar-refractivity contribution in [2.24, 2.45) is 0 Å². The second-order valence-corrected chi connectivity index (χ2v) is 4.50. The lowest BCUT2D eigenvalue weighted by Crippen LogP contribution is -2.42. The van der Waals surface area contributed by atoms with Crippen LogP contribution in [0.1, 0.15) is 36.5 Å². The van der Waals surface area contributed by atoms with Gasteiger partial charge in [0, 0.05) is 5.56 Å². The zero-order valence-electron chi connectivity index (χ0n) is 9.86. The molecule has 1 aromatic carbocycles. The van der Waals surface area contributed by atoms with Crippen LogP contribution >= 0.6 is 0 Å². The van der Waals surface area contributed by atoms with Crippen molar-refractivity contribution in [3.05, 3.63) is 35.9 Å². The minimum absolute atomic E-state index is 0.0303. The summed E-state index contributed by atoms with van der Waals surface area (Å²) in [7, 11) is 0. The molecule has 1 saturated heterocycles. The van der Waals surface area contributed by atoms with Crippen molar-refractivity contribution in [2.45, 2.75) is 32.2 Å². The van der Waals surface area contributed by atoms with Crippen LogP contribution in [0.2, 0.25) is 0 Å². The SMILES string of the molecule is C[C@H](C(=O)c1ccccc1)N1CCCCC1. The molecule has 0 aromatic heterocycles. The molecule has 16 heavy (non-hydrogen) atoms. The Morgan fingerprint density at radius 3 is 2.38 bits per heavy atom. The largest absolute Gasteiger partial charge is 0.294 e. The molecule has 0 aliphatic carbocycles. The van der Waals surface area contributed by atoms with Crippen molar-refractivity contribution < 1.29 is 4.79 Å². The van der Waals surface area contributed by atoms with Crippen molar-refractivity contribution in [3.63, 3.8) is 0 Å². The summed E-state index contributed by atoms with van der Waals surface area (Å²) >= 11 is 0. The molecule has 1 aliphatic heterocycles. The minimum atomic E-state index is 0.0303. The second-order valence-electron chi connectivity index (χ2n) is 4.50. The lowest BCUT2D eigenvalue weighted by atomic mass is 10.0. The number of benzene rings is 1. The number of Topliss-reactive ketones (excluding diaryl/α,β-unsaturated/α-hetero) is 1. The molecule has 0 saturated carbocycles. The van der Waals surface area contributed by atoms with Gasteiger partial charge >= 0.3 is 0 Å². The van der Waals surface area contributed by atoms with E-state index in [1.165, 1.54) is 19.3 Å². The zero-order valence-corrected chi connectivity index (χ0v) is 9.86. The number of piperidine rings is 1. The molecular weight excluding hydrogens is 198 g/mol. The molecule has 1 atom stereocenters. The summed E-state index contributed by atoms with van der Waals surface area (Å²) in [6.07, 6.45) is 3.77. The molecule has 0 spiro atoms. The molecular formula is C14H19NO. The molecule has 2 rings (SSSR count). The van der Waals surface area contributed by atoms with E-state index in [1.807, 2.05) is 37.3 Å². The number of nitrogens with zero attached hydrogens (tertiary/aromatic N) is 1. The van der Waals surface area contributed by atoms with Gasteiger partial charge in [0.25, 0.3) is 0 Å². The minimum Gasteiger partial charge on any atom is -0.294 e. The normalized spacial score (nSPS) is 19.3. The van der Waals surface area contributed by atoms with Gasteiger partial charge in [-0.2, -0.15) is 0 Å². The van der Waals surface area contributed by atoms with Gasteiger partial charge in [0.2, 0.25) is 0 Å². The molecule has 0 N–H and O–H groups in total. The smallest absolute Gasteiger partial charge is 0.179 e. The van der Waals surface area contributed by atoms with E-state index in [-0.39, 0.29) is 11.8 Å². The van der Waals surface area contributed by atoms with Crippen molar-refractivity contribution in [1.29, 1.82) is 0 Å². The van der Waals surface area contributed by atoms with Gasteiger partial charge in [0.05, 0.1) is 6.04 Å². The first kappa shape index (κ1) is 11.3. The Labute approximate surface area is 97.3 Å².